The Balaban J connectivity index is 2.23. The van der Waals surface area contributed by atoms with Crippen LogP contribution in [0.2, 0.25) is 0 Å². The molecule has 0 heterocycles. The van der Waals surface area contributed by atoms with Crippen molar-refractivity contribution < 1.29 is 36.2 Å². The molecule has 4 aromatic carbocycles. The summed E-state index contributed by atoms with van der Waals surface area (Å²) in [5, 5.41) is 11.1. The van der Waals surface area contributed by atoms with Gasteiger partial charge in [0.25, 0.3) is 5.91 Å². The fraction of sp³-hybridized carbons (Fsp3) is 0.0690. The van der Waals surface area contributed by atoms with Crippen molar-refractivity contribution >= 4 is 5.91 Å². The zero-order valence-electron chi connectivity index (χ0n) is 19.3. The number of hydrogen-bond acceptors (Lipinski definition) is 2. The number of hydrogen-bond donors (Lipinski definition) is 2. The first-order chi connectivity index (χ1) is 17.9. The van der Waals surface area contributed by atoms with Crippen LogP contribution in [-0.4, -0.2) is 11.0 Å². The quantitative estimate of drug-likeness (QED) is 0.218. The molecule has 9 heteroatoms. The molecule has 0 unspecified atom stereocenters. The highest BCUT2D eigenvalue weighted by molar-refractivity contribution is 6.04. The number of primary amides is 1. The zero-order chi connectivity index (χ0) is 27.7. The Labute approximate surface area is 213 Å². The summed E-state index contributed by atoms with van der Waals surface area (Å²) in [6, 6.07) is 17.5. The lowest BCUT2D eigenvalue weighted by Crippen LogP contribution is -2.14. The maximum atomic E-state index is 14.1. The third kappa shape index (κ3) is 5.20. The predicted molar refractivity (Wildman–Crippen MR) is 130 cm³/mol. The molecule has 0 atom stereocenters. The standard InChI is InChI=1S/C29H17F6NO2/c30-28(31,32)22-12-6-4-10-19(22)24-18(15-14-17-8-2-1-3-9-17)16-21(27(36)38)26(37)25(24)20-11-5-7-13-23(20)29(33,34)35/h1-13,16,37H,(H2,36,38). The van der Waals surface area contributed by atoms with Gasteiger partial charge in [0.05, 0.1) is 16.7 Å². The lowest BCUT2D eigenvalue weighted by molar-refractivity contribution is -0.138. The number of phenols is 1. The van der Waals surface area contributed by atoms with Crippen LogP contribution >= 0.6 is 0 Å². The Morgan fingerprint density at radius 1 is 0.684 bits per heavy atom. The molecule has 0 fully saturated rings. The molecule has 0 bridgehead atoms. The molecule has 0 spiro atoms. The van der Waals surface area contributed by atoms with Gasteiger partial charge in [0.1, 0.15) is 5.75 Å². The second-order valence-electron chi connectivity index (χ2n) is 8.14. The Kier molecular flexibility index (Phi) is 6.92. The van der Waals surface area contributed by atoms with Gasteiger partial charge >= 0.3 is 12.4 Å². The third-order valence-corrected chi connectivity index (χ3v) is 5.68. The number of aromatic hydroxyl groups is 1. The van der Waals surface area contributed by atoms with Crippen molar-refractivity contribution in [2.75, 3.05) is 0 Å². The van der Waals surface area contributed by atoms with Gasteiger partial charge in [0.15, 0.2) is 0 Å². The number of carbonyl (C=O) groups is 1. The maximum Gasteiger partial charge on any atom is 0.417 e. The van der Waals surface area contributed by atoms with Gasteiger partial charge in [-0.05, 0) is 41.5 Å². The molecule has 0 aliphatic heterocycles. The molecule has 38 heavy (non-hydrogen) atoms. The second kappa shape index (κ2) is 9.98. The minimum Gasteiger partial charge on any atom is -0.506 e. The number of benzene rings is 4. The summed E-state index contributed by atoms with van der Waals surface area (Å²) < 4.78 is 84.3. The van der Waals surface area contributed by atoms with Crippen LogP contribution in [0.25, 0.3) is 22.3 Å². The van der Waals surface area contributed by atoms with Gasteiger partial charge < -0.3 is 10.8 Å². The first-order valence-corrected chi connectivity index (χ1v) is 11.0. The zero-order valence-corrected chi connectivity index (χ0v) is 19.3. The third-order valence-electron chi connectivity index (χ3n) is 5.68. The van der Waals surface area contributed by atoms with Crippen LogP contribution in [0.1, 0.15) is 32.6 Å². The van der Waals surface area contributed by atoms with E-state index >= 15 is 0 Å². The van der Waals surface area contributed by atoms with E-state index in [0.717, 1.165) is 42.5 Å². The Bertz CT molecular complexity index is 1580. The fourth-order valence-electron chi connectivity index (χ4n) is 4.06. The predicted octanol–water partition coefficient (Wildman–Crippen LogP) is 7.26. The molecular formula is C29H17F6NO2. The van der Waals surface area contributed by atoms with Gasteiger partial charge in [-0.1, -0.05) is 66.4 Å². The molecule has 0 radical (unpaired) electrons. The van der Waals surface area contributed by atoms with Gasteiger partial charge in [-0.2, -0.15) is 26.3 Å². The summed E-state index contributed by atoms with van der Waals surface area (Å²) in [5.41, 5.74) is 0.372. The average Bonchev–Trinajstić information content (AvgIpc) is 2.87. The first-order valence-electron chi connectivity index (χ1n) is 11.0. The molecule has 0 saturated heterocycles. The van der Waals surface area contributed by atoms with Crippen molar-refractivity contribution in [1.29, 1.82) is 0 Å². The topological polar surface area (TPSA) is 63.3 Å². The molecule has 4 rings (SSSR count). The highest BCUT2D eigenvalue weighted by Crippen LogP contribution is 2.49. The number of carbonyl (C=O) groups excluding carboxylic acids is 1. The molecular weight excluding hydrogens is 508 g/mol. The van der Waals surface area contributed by atoms with E-state index in [1.807, 2.05) is 0 Å². The number of halogens is 6. The van der Waals surface area contributed by atoms with E-state index < -0.39 is 63.0 Å². The summed E-state index contributed by atoms with van der Waals surface area (Å²) in [5.74, 6) is 3.24. The van der Waals surface area contributed by atoms with E-state index in [9.17, 15) is 36.2 Å². The lowest BCUT2D eigenvalue weighted by Gasteiger charge is -2.22. The van der Waals surface area contributed by atoms with Crippen LogP contribution in [0.5, 0.6) is 5.75 Å². The minimum absolute atomic E-state index is 0.232. The van der Waals surface area contributed by atoms with Gasteiger partial charge in [0, 0.05) is 22.3 Å². The highest BCUT2D eigenvalue weighted by atomic mass is 19.4. The van der Waals surface area contributed by atoms with Crippen molar-refractivity contribution in [2.45, 2.75) is 12.4 Å². The van der Waals surface area contributed by atoms with Crippen molar-refractivity contribution in [3.05, 3.63) is 113 Å². The second-order valence-corrected chi connectivity index (χ2v) is 8.14. The summed E-state index contributed by atoms with van der Waals surface area (Å²) in [6.45, 7) is 0. The van der Waals surface area contributed by atoms with Gasteiger partial charge in [0.2, 0.25) is 0 Å². The molecule has 0 aliphatic carbocycles. The largest absolute Gasteiger partial charge is 0.506 e. The number of amides is 1. The van der Waals surface area contributed by atoms with E-state index in [-0.39, 0.29) is 5.56 Å². The first kappa shape index (κ1) is 26.4. The molecule has 0 aromatic heterocycles. The smallest absolute Gasteiger partial charge is 0.417 e. The summed E-state index contributed by atoms with van der Waals surface area (Å²) in [7, 11) is 0. The van der Waals surface area contributed by atoms with Gasteiger partial charge in [-0.25, -0.2) is 0 Å². The van der Waals surface area contributed by atoms with E-state index in [1.165, 1.54) is 12.1 Å². The van der Waals surface area contributed by atoms with Crippen molar-refractivity contribution in [3.8, 4) is 39.8 Å². The number of rotatable bonds is 3. The molecule has 3 nitrogen and oxygen atoms in total. The van der Waals surface area contributed by atoms with Crippen molar-refractivity contribution in [2.24, 2.45) is 5.73 Å². The fourth-order valence-corrected chi connectivity index (χ4v) is 4.06. The summed E-state index contributed by atoms with van der Waals surface area (Å²) >= 11 is 0. The minimum atomic E-state index is -4.94. The van der Waals surface area contributed by atoms with Crippen LogP contribution in [0, 0.1) is 11.8 Å². The Hall–Kier alpha value is -4.71. The number of nitrogens with two attached hydrogens (primary N) is 1. The van der Waals surface area contributed by atoms with E-state index in [1.54, 1.807) is 30.3 Å². The Morgan fingerprint density at radius 3 is 1.66 bits per heavy atom. The molecule has 192 valence electrons. The molecule has 3 N–H and O–H groups in total. The monoisotopic (exact) mass is 525 g/mol. The summed E-state index contributed by atoms with van der Waals surface area (Å²) in [6.07, 6.45) is -9.85. The van der Waals surface area contributed by atoms with Gasteiger partial charge in [-0.15, -0.1) is 0 Å². The normalized spacial score (nSPS) is 11.5. The van der Waals surface area contributed by atoms with Crippen LogP contribution in [0.15, 0.2) is 84.9 Å². The Morgan fingerprint density at radius 2 is 1.16 bits per heavy atom. The highest BCUT2D eigenvalue weighted by Gasteiger charge is 2.38. The van der Waals surface area contributed by atoms with Crippen molar-refractivity contribution in [3.63, 3.8) is 0 Å². The molecule has 0 aliphatic rings. The van der Waals surface area contributed by atoms with Crippen LogP contribution in [0.3, 0.4) is 0 Å². The molecule has 4 aromatic rings. The maximum absolute atomic E-state index is 14.1. The summed E-state index contributed by atoms with van der Waals surface area (Å²) in [4.78, 5) is 12.2. The lowest BCUT2D eigenvalue weighted by atomic mass is 9.84. The van der Waals surface area contributed by atoms with Crippen LogP contribution in [0.4, 0.5) is 26.3 Å². The average molecular weight is 525 g/mol. The number of alkyl halides is 6. The van der Waals surface area contributed by atoms with Gasteiger partial charge in [-0.3, -0.25) is 4.79 Å². The van der Waals surface area contributed by atoms with E-state index in [2.05, 4.69) is 11.8 Å². The SMILES string of the molecule is NC(=O)c1cc(C#Cc2ccccc2)c(-c2ccccc2C(F)(F)F)c(-c2ccccc2C(F)(F)F)c1O. The van der Waals surface area contributed by atoms with E-state index in [0.29, 0.717) is 5.56 Å². The van der Waals surface area contributed by atoms with Crippen molar-refractivity contribution in [1.82, 2.24) is 0 Å². The van der Waals surface area contributed by atoms with Crippen LogP contribution in [-0.2, 0) is 12.4 Å². The molecule has 1 amide bonds. The van der Waals surface area contributed by atoms with E-state index in [4.69, 9.17) is 5.73 Å². The van der Waals surface area contributed by atoms with Crippen LogP contribution < -0.4 is 5.73 Å². The molecule has 0 saturated carbocycles.